The molecule has 0 amide bonds. The normalized spacial score (nSPS) is 17.1. The Bertz CT molecular complexity index is 78.1. The van der Waals surface area contributed by atoms with Crippen molar-refractivity contribution in [3.05, 3.63) is 0 Å². The fourth-order valence-corrected chi connectivity index (χ4v) is 3.00. The van der Waals surface area contributed by atoms with Crippen LogP contribution >= 0.6 is 0 Å². The van der Waals surface area contributed by atoms with Gasteiger partial charge >= 0.3 is 0 Å². The smallest absolute Gasteiger partial charge is 0.0172 e. The monoisotopic (exact) mass is 176 g/mol. The zero-order valence-electron chi connectivity index (χ0n) is 7.14. The van der Waals surface area contributed by atoms with Gasteiger partial charge in [0.2, 0.25) is 0 Å². The van der Waals surface area contributed by atoms with Gasteiger partial charge in [0, 0.05) is 14.4 Å². The number of rotatable bonds is 5. The molecule has 0 bridgehead atoms. The molecule has 0 aliphatic carbocycles. The molecule has 10 heavy (non-hydrogen) atoms. The van der Waals surface area contributed by atoms with Crippen molar-refractivity contribution in [3.63, 3.8) is 0 Å². The molecule has 0 aromatic rings. The van der Waals surface area contributed by atoms with Gasteiger partial charge in [-0.05, 0) is 29.1 Å². The molecule has 0 aliphatic rings. The fourth-order valence-electron chi connectivity index (χ4n) is 0.906. The van der Waals surface area contributed by atoms with E-state index in [1.54, 1.807) is 0 Å². The number of hydrogen-bond donors (Lipinski definition) is 2. The molecule has 0 saturated heterocycles. The first-order valence-corrected chi connectivity index (χ1v) is 10.7. The molecule has 0 spiro atoms. The fraction of sp³-hybridized carbons (Fsp3) is 1.00. The lowest BCUT2D eigenvalue weighted by atomic mass is 10.2. The van der Waals surface area contributed by atoms with Crippen LogP contribution in [-0.4, -0.2) is 30.7 Å². The van der Waals surface area contributed by atoms with Crippen molar-refractivity contribution < 1.29 is 0 Å². The van der Waals surface area contributed by atoms with E-state index < -0.39 is 0 Å². The van der Waals surface area contributed by atoms with Crippen molar-refractivity contribution in [1.82, 2.24) is 0 Å². The molecular weight excluding hydrogens is 156 g/mol. The molecule has 0 radical (unpaired) electrons. The predicted molar refractivity (Wildman–Crippen MR) is 54.0 cm³/mol. The molecule has 4 heteroatoms. The Hall–Kier alpha value is 0.354. The standard InChI is InChI=1S/C6H20N2Si2/c1-10(9)5-3-6(8)2-4-7/h6,10H,2-5,7-8H2,1,9H3. The van der Waals surface area contributed by atoms with E-state index >= 15 is 0 Å². The van der Waals surface area contributed by atoms with E-state index in [0.29, 0.717) is 6.04 Å². The van der Waals surface area contributed by atoms with Crippen LogP contribution in [-0.2, 0) is 0 Å². The van der Waals surface area contributed by atoms with Crippen LogP contribution in [0.2, 0.25) is 12.6 Å². The third-order valence-electron chi connectivity index (χ3n) is 1.65. The molecule has 0 aliphatic heterocycles. The van der Waals surface area contributed by atoms with Crippen molar-refractivity contribution in [2.75, 3.05) is 6.54 Å². The van der Waals surface area contributed by atoms with Gasteiger partial charge in [-0.3, -0.25) is 0 Å². The van der Waals surface area contributed by atoms with E-state index in [1.165, 1.54) is 22.2 Å². The summed E-state index contributed by atoms with van der Waals surface area (Å²) in [4.78, 5) is 0. The van der Waals surface area contributed by atoms with Crippen LogP contribution in [0.25, 0.3) is 0 Å². The minimum Gasteiger partial charge on any atom is -0.330 e. The van der Waals surface area contributed by atoms with Crippen LogP contribution in [0.3, 0.4) is 0 Å². The first-order chi connectivity index (χ1) is 4.66. The Morgan fingerprint density at radius 3 is 2.50 bits per heavy atom. The Labute approximate surface area is 68.2 Å². The summed E-state index contributed by atoms with van der Waals surface area (Å²) in [6.07, 6.45) is 2.22. The Morgan fingerprint density at radius 1 is 1.50 bits per heavy atom. The quantitative estimate of drug-likeness (QED) is 0.516. The first kappa shape index (κ1) is 10.4. The first-order valence-electron chi connectivity index (χ1n) is 4.12. The molecule has 4 N–H and O–H groups in total. The molecule has 0 fully saturated rings. The average molecular weight is 176 g/mol. The molecule has 0 saturated carbocycles. The van der Waals surface area contributed by atoms with E-state index in [-0.39, 0.29) is 8.31 Å². The molecule has 2 unspecified atom stereocenters. The average Bonchev–Trinajstić information content (AvgIpc) is 1.85. The molecule has 0 aromatic heterocycles. The Morgan fingerprint density at radius 2 is 2.10 bits per heavy atom. The Kier molecular flexibility index (Phi) is 6.30. The van der Waals surface area contributed by atoms with Gasteiger partial charge in [0.1, 0.15) is 0 Å². The van der Waals surface area contributed by atoms with Crippen LogP contribution in [0, 0.1) is 0 Å². The van der Waals surface area contributed by atoms with Crippen molar-refractivity contribution in [2.45, 2.75) is 31.5 Å². The predicted octanol–water partition coefficient (Wildman–Crippen LogP) is -1.23. The highest BCUT2D eigenvalue weighted by molar-refractivity contribution is 7.02. The second kappa shape index (κ2) is 6.09. The SMILES string of the molecule is C[SiH]([SiH3])CCC(N)CCN. The van der Waals surface area contributed by atoms with Crippen LogP contribution in [0.15, 0.2) is 0 Å². The maximum atomic E-state index is 5.79. The van der Waals surface area contributed by atoms with Crippen LogP contribution in [0.4, 0.5) is 0 Å². The highest BCUT2D eigenvalue weighted by Gasteiger charge is 2.02. The van der Waals surface area contributed by atoms with Crippen LogP contribution < -0.4 is 11.5 Å². The minimum absolute atomic E-state index is 0.234. The highest BCUT2D eigenvalue weighted by Crippen LogP contribution is 2.00. The lowest BCUT2D eigenvalue weighted by molar-refractivity contribution is 0.602. The third-order valence-corrected chi connectivity index (χ3v) is 4.87. The summed E-state index contributed by atoms with van der Waals surface area (Å²) in [6, 6.07) is 1.81. The van der Waals surface area contributed by atoms with E-state index in [2.05, 4.69) is 6.55 Å². The van der Waals surface area contributed by atoms with Crippen LogP contribution in [0.1, 0.15) is 12.8 Å². The van der Waals surface area contributed by atoms with E-state index in [4.69, 9.17) is 11.5 Å². The van der Waals surface area contributed by atoms with Crippen molar-refractivity contribution in [1.29, 1.82) is 0 Å². The Balaban J connectivity index is 3.12. The zero-order chi connectivity index (χ0) is 7.98. The van der Waals surface area contributed by atoms with Gasteiger partial charge in [-0.2, -0.15) is 0 Å². The van der Waals surface area contributed by atoms with E-state index in [1.807, 2.05) is 0 Å². The maximum Gasteiger partial charge on any atom is 0.0172 e. The lowest BCUT2D eigenvalue weighted by Crippen LogP contribution is -2.25. The number of hydrogen-bond acceptors (Lipinski definition) is 2. The second-order valence-electron chi connectivity index (χ2n) is 3.31. The van der Waals surface area contributed by atoms with Gasteiger partial charge in [0.25, 0.3) is 0 Å². The van der Waals surface area contributed by atoms with Crippen molar-refractivity contribution in [3.8, 4) is 0 Å². The van der Waals surface area contributed by atoms with Gasteiger partial charge in [0.15, 0.2) is 0 Å². The van der Waals surface area contributed by atoms with Crippen LogP contribution in [0.5, 0.6) is 0 Å². The van der Waals surface area contributed by atoms with Gasteiger partial charge in [-0.1, -0.05) is 12.6 Å². The van der Waals surface area contributed by atoms with E-state index in [9.17, 15) is 0 Å². The summed E-state index contributed by atoms with van der Waals surface area (Å²) in [5.41, 5.74) is 11.2. The summed E-state index contributed by atoms with van der Waals surface area (Å²) < 4.78 is 0. The summed E-state index contributed by atoms with van der Waals surface area (Å²) in [5.74, 6) is 0. The largest absolute Gasteiger partial charge is 0.330 e. The topological polar surface area (TPSA) is 52.0 Å². The molecule has 62 valence electrons. The molecule has 2 nitrogen and oxygen atoms in total. The van der Waals surface area contributed by atoms with E-state index in [0.717, 1.165) is 13.0 Å². The zero-order valence-corrected chi connectivity index (χ0v) is 10.3. The molecule has 2 atom stereocenters. The minimum atomic E-state index is -0.234. The van der Waals surface area contributed by atoms with Gasteiger partial charge in [-0.25, -0.2) is 0 Å². The van der Waals surface area contributed by atoms with Crippen molar-refractivity contribution in [2.24, 2.45) is 11.5 Å². The number of nitrogens with two attached hydrogens (primary N) is 2. The summed E-state index contributed by atoms with van der Waals surface area (Å²) in [6.45, 7) is 3.17. The molecule has 0 aromatic carbocycles. The molecule has 0 heterocycles. The second-order valence-corrected chi connectivity index (χ2v) is 12.6. The third kappa shape index (κ3) is 6.47. The van der Waals surface area contributed by atoms with Gasteiger partial charge in [0.05, 0.1) is 0 Å². The lowest BCUT2D eigenvalue weighted by Gasteiger charge is -2.10. The molecular formula is C6H20N2Si2. The highest BCUT2D eigenvalue weighted by atomic mass is 29.1. The maximum absolute atomic E-state index is 5.79. The summed E-state index contributed by atoms with van der Waals surface area (Å²) >= 11 is 0. The van der Waals surface area contributed by atoms with Gasteiger partial charge < -0.3 is 11.5 Å². The summed E-state index contributed by atoms with van der Waals surface area (Å²) in [7, 11) is 1.20. The van der Waals surface area contributed by atoms with Crippen molar-refractivity contribution >= 4 is 18.1 Å². The summed E-state index contributed by atoms with van der Waals surface area (Å²) in [5, 5.41) is 0. The van der Waals surface area contributed by atoms with Gasteiger partial charge in [-0.15, -0.1) is 0 Å². The molecule has 0 rings (SSSR count).